The first-order chi connectivity index (χ1) is 2.89. The Morgan fingerprint density at radius 3 is 3.00 bits per heavy atom. The molecule has 1 radical (unpaired) electrons. The molecular weight excluding hydrogens is 101 g/mol. The van der Waals surface area contributed by atoms with Crippen LogP contribution in [-0.4, -0.2) is 12.0 Å². The molecule has 0 aliphatic carbocycles. The summed E-state index contributed by atoms with van der Waals surface area (Å²) < 4.78 is 0. The van der Waals surface area contributed by atoms with E-state index in [-0.39, 0.29) is 5.38 Å². The average Bonchev–Trinajstić information content (AvgIpc) is 1.86. The molecule has 2 nitrogen and oxygen atoms in total. The quantitative estimate of drug-likeness (QED) is 0.448. The fourth-order valence-electron chi connectivity index (χ4n) is 0.298. The van der Waals surface area contributed by atoms with E-state index in [1.807, 2.05) is 0 Å². The van der Waals surface area contributed by atoms with Crippen molar-refractivity contribution in [3.63, 3.8) is 0 Å². The molecule has 1 rings (SSSR count). The highest BCUT2D eigenvalue weighted by atomic mass is 35.5. The zero-order chi connectivity index (χ0) is 4.41. The van der Waals surface area contributed by atoms with Crippen LogP contribution in [0, 0.1) is 6.54 Å². The maximum absolute atomic E-state index is 5.47. The van der Waals surface area contributed by atoms with E-state index in [1.54, 1.807) is 6.54 Å². The highest BCUT2D eigenvalue weighted by Gasteiger charge is 2.10. The molecule has 1 unspecified atom stereocenters. The number of hydrogen-bond donors (Lipinski definition) is 1. The molecule has 1 aliphatic heterocycles. The van der Waals surface area contributed by atoms with Gasteiger partial charge in [-0.15, -0.1) is 11.6 Å². The lowest BCUT2D eigenvalue weighted by Crippen LogP contribution is -1.98. The smallest absolute Gasteiger partial charge is 0.0862 e. The number of rotatable bonds is 0. The lowest BCUT2D eigenvalue weighted by atomic mass is 10.5. The summed E-state index contributed by atoms with van der Waals surface area (Å²) in [5.41, 5.74) is 2.52. The van der Waals surface area contributed by atoms with Gasteiger partial charge in [-0.2, -0.15) is 5.48 Å². The monoisotopic (exact) mass is 106 g/mol. The molecule has 0 aromatic heterocycles. The van der Waals surface area contributed by atoms with Crippen molar-refractivity contribution in [2.24, 2.45) is 0 Å². The third-order valence-electron chi connectivity index (χ3n) is 0.575. The van der Waals surface area contributed by atoms with Gasteiger partial charge in [-0.05, 0) is 0 Å². The molecule has 1 fully saturated rings. The van der Waals surface area contributed by atoms with E-state index in [2.05, 4.69) is 10.3 Å². The molecule has 0 saturated carbocycles. The Labute approximate surface area is 41.4 Å². The Bertz CT molecular complexity index is 44.1. The number of halogens is 1. The van der Waals surface area contributed by atoms with Gasteiger partial charge in [0.15, 0.2) is 0 Å². The number of nitrogens with one attached hydrogen (secondary N) is 1. The van der Waals surface area contributed by atoms with Gasteiger partial charge in [-0.25, -0.2) is 0 Å². The van der Waals surface area contributed by atoms with Crippen LogP contribution in [0.25, 0.3) is 0 Å². The largest absolute Gasteiger partial charge is 0.300 e. The summed E-state index contributed by atoms with van der Waals surface area (Å²) in [7, 11) is 0. The Morgan fingerprint density at radius 1 is 2.00 bits per heavy atom. The molecule has 0 aromatic carbocycles. The van der Waals surface area contributed by atoms with Crippen LogP contribution in [0.5, 0.6) is 0 Å². The first-order valence-electron chi connectivity index (χ1n) is 1.74. The van der Waals surface area contributed by atoms with Crippen LogP contribution in [0.15, 0.2) is 0 Å². The zero-order valence-corrected chi connectivity index (χ0v) is 3.90. The molecule has 1 aliphatic rings. The van der Waals surface area contributed by atoms with E-state index in [0.717, 1.165) is 0 Å². The van der Waals surface area contributed by atoms with Gasteiger partial charge < -0.3 is 0 Å². The SMILES string of the molecule is ClC1[CH]NOC1. The Kier molecular flexibility index (Phi) is 1.29. The van der Waals surface area contributed by atoms with E-state index < -0.39 is 0 Å². The Balaban J connectivity index is 2.18. The van der Waals surface area contributed by atoms with Crippen LogP contribution in [0.3, 0.4) is 0 Å². The predicted octanol–water partition coefficient (Wildman–Crippen LogP) is 0.290. The van der Waals surface area contributed by atoms with Crippen LogP contribution in [-0.2, 0) is 4.84 Å². The van der Waals surface area contributed by atoms with Crippen molar-refractivity contribution in [3.05, 3.63) is 6.54 Å². The van der Waals surface area contributed by atoms with Crippen molar-refractivity contribution in [1.29, 1.82) is 0 Å². The molecule has 0 bridgehead atoms. The second kappa shape index (κ2) is 1.78. The molecule has 1 atom stereocenters. The first-order valence-corrected chi connectivity index (χ1v) is 2.18. The fraction of sp³-hybridized carbons (Fsp3) is 0.667. The summed E-state index contributed by atoms with van der Waals surface area (Å²) in [6.45, 7) is 2.28. The van der Waals surface area contributed by atoms with Crippen molar-refractivity contribution >= 4 is 11.6 Å². The van der Waals surface area contributed by atoms with E-state index in [9.17, 15) is 0 Å². The van der Waals surface area contributed by atoms with Crippen LogP contribution < -0.4 is 5.48 Å². The van der Waals surface area contributed by atoms with Gasteiger partial charge in [0, 0.05) is 0 Å². The lowest BCUT2D eigenvalue weighted by Gasteiger charge is -1.83. The van der Waals surface area contributed by atoms with Crippen LogP contribution in [0.1, 0.15) is 0 Å². The summed E-state index contributed by atoms with van der Waals surface area (Å²) >= 11 is 5.47. The summed E-state index contributed by atoms with van der Waals surface area (Å²) in [5.74, 6) is 0. The summed E-state index contributed by atoms with van der Waals surface area (Å²) in [6, 6.07) is 0. The minimum atomic E-state index is 0.0602. The van der Waals surface area contributed by atoms with Gasteiger partial charge in [-0.1, -0.05) is 0 Å². The third-order valence-corrected chi connectivity index (χ3v) is 0.827. The maximum Gasteiger partial charge on any atom is 0.0862 e. The van der Waals surface area contributed by atoms with Crippen molar-refractivity contribution in [1.82, 2.24) is 5.48 Å². The number of hydroxylamine groups is 1. The van der Waals surface area contributed by atoms with Gasteiger partial charge in [-0.3, -0.25) is 4.84 Å². The topological polar surface area (TPSA) is 21.3 Å². The minimum Gasteiger partial charge on any atom is -0.300 e. The van der Waals surface area contributed by atoms with Gasteiger partial charge in [0.1, 0.15) is 0 Å². The van der Waals surface area contributed by atoms with Crippen molar-refractivity contribution in [3.8, 4) is 0 Å². The first kappa shape index (κ1) is 4.37. The predicted molar refractivity (Wildman–Crippen MR) is 23.0 cm³/mol. The second-order valence-electron chi connectivity index (χ2n) is 1.11. The molecule has 0 aromatic rings. The molecule has 0 spiro atoms. The van der Waals surface area contributed by atoms with Gasteiger partial charge in [0.25, 0.3) is 0 Å². The van der Waals surface area contributed by atoms with Gasteiger partial charge in [0.05, 0.1) is 18.5 Å². The van der Waals surface area contributed by atoms with Crippen LogP contribution in [0.2, 0.25) is 0 Å². The second-order valence-corrected chi connectivity index (χ2v) is 1.67. The number of alkyl halides is 1. The van der Waals surface area contributed by atoms with Crippen LogP contribution in [0.4, 0.5) is 0 Å². The molecule has 1 N–H and O–H groups in total. The summed E-state index contributed by atoms with van der Waals surface area (Å²) in [6.07, 6.45) is 0. The number of hydrogen-bond acceptors (Lipinski definition) is 2. The molecule has 0 amide bonds. The van der Waals surface area contributed by atoms with Crippen molar-refractivity contribution < 1.29 is 4.84 Å². The van der Waals surface area contributed by atoms with Crippen LogP contribution >= 0.6 is 11.6 Å². The maximum atomic E-state index is 5.47. The highest BCUT2D eigenvalue weighted by Crippen LogP contribution is 2.02. The Morgan fingerprint density at radius 2 is 2.83 bits per heavy atom. The highest BCUT2D eigenvalue weighted by molar-refractivity contribution is 6.21. The third kappa shape index (κ3) is 0.834. The zero-order valence-electron chi connectivity index (χ0n) is 3.15. The van der Waals surface area contributed by atoms with E-state index >= 15 is 0 Å². The lowest BCUT2D eigenvalue weighted by molar-refractivity contribution is 0.111. The molecule has 1 saturated heterocycles. The van der Waals surface area contributed by atoms with Gasteiger partial charge in [0.2, 0.25) is 0 Å². The van der Waals surface area contributed by atoms with Gasteiger partial charge >= 0.3 is 0 Å². The summed E-state index contributed by atoms with van der Waals surface area (Å²) in [4.78, 5) is 4.62. The standard InChI is InChI=1S/C3H5ClNO/c4-3-1-5-6-2-3/h1,3,5H,2H2. The Hall–Kier alpha value is 0.210. The van der Waals surface area contributed by atoms with E-state index in [1.165, 1.54) is 0 Å². The normalized spacial score (nSPS) is 34.5. The minimum absolute atomic E-state index is 0.0602. The van der Waals surface area contributed by atoms with Crippen molar-refractivity contribution in [2.75, 3.05) is 6.61 Å². The molecule has 35 valence electrons. The molecule has 1 heterocycles. The fourth-order valence-corrected chi connectivity index (χ4v) is 0.412. The average molecular weight is 107 g/mol. The summed E-state index contributed by atoms with van der Waals surface area (Å²) in [5, 5.41) is 0.0602. The van der Waals surface area contributed by atoms with E-state index in [0.29, 0.717) is 6.61 Å². The molecule has 6 heavy (non-hydrogen) atoms. The van der Waals surface area contributed by atoms with Crippen molar-refractivity contribution in [2.45, 2.75) is 5.38 Å². The molecular formula is C3H5ClNO. The van der Waals surface area contributed by atoms with E-state index in [4.69, 9.17) is 11.6 Å². The molecule has 3 heteroatoms.